The van der Waals surface area contributed by atoms with Crippen LogP contribution in [0.2, 0.25) is 0 Å². The van der Waals surface area contributed by atoms with Crippen LogP contribution in [-0.4, -0.2) is 15.7 Å². The number of thioether (sulfide) groups is 1. The highest BCUT2D eigenvalue weighted by atomic mass is 32.2. The van der Waals surface area contributed by atoms with Crippen LogP contribution in [0.4, 0.5) is 19.0 Å². The number of anilines is 1. The molecule has 0 aromatic carbocycles. The molecule has 4 nitrogen and oxygen atoms in total. The lowest BCUT2D eigenvalue weighted by Gasteiger charge is -2.09. The molecule has 0 saturated carbocycles. The molecule has 0 spiro atoms. The number of aromatic nitrogens is 2. The minimum atomic E-state index is -4.56. The highest BCUT2D eigenvalue weighted by Gasteiger charge is 2.35. The summed E-state index contributed by atoms with van der Waals surface area (Å²) in [6.45, 7) is 2.01. The van der Waals surface area contributed by atoms with Gasteiger partial charge in [0.2, 0.25) is 5.82 Å². The molecule has 0 aliphatic rings. The van der Waals surface area contributed by atoms with Crippen molar-refractivity contribution < 1.29 is 13.2 Å². The monoisotopic (exact) mass is 266 g/mol. The van der Waals surface area contributed by atoms with Gasteiger partial charge in [0.15, 0.2) is 0 Å². The molecule has 0 amide bonds. The Bertz CT molecular complexity index is 370. The van der Waals surface area contributed by atoms with Crippen LogP contribution in [0.1, 0.15) is 25.6 Å². The van der Waals surface area contributed by atoms with Crippen LogP contribution >= 0.6 is 11.8 Å². The SMILES string of the molecule is CCCCSc1cc(NN)nc(C(F)(F)F)n1. The number of nitrogens with two attached hydrogens (primary N) is 1. The van der Waals surface area contributed by atoms with Gasteiger partial charge in [-0.3, -0.25) is 0 Å². The summed E-state index contributed by atoms with van der Waals surface area (Å²) in [5.74, 6) is 4.58. The van der Waals surface area contributed by atoms with Crippen molar-refractivity contribution in [1.82, 2.24) is 9.97 Å². The van der Waals surface area contributed by atoms with Crippen LogP contribution < -0.4 is 11.3 Å². The third-order valence-electron chi connectivity index (χ3n) is 1.85. The van der Waals surface area contributed by atoms with Crippen LogP contribution in [0.25, 0.3) is 0 Å². The van der Waals surface area contributed by atoms with Crippen molar-refractivity contribution in [2.75, 3.05) is 11.2 Å². The second-order valence-electron chi connectivity index (χ2n) is 3.26. The Balaban J connectivity index is 2.89. The van der Waals surface area contributed by atoms with Gasteiger partial charge < -0.3 is 5.43 Å². The van der Waals surface area contributed by atoms with Gasteiger partial charge in [-0.2, -0.15) is 13.2 Å². The number of halogens is 3. The molecule has 96 valence electrons. The van der Waals surface area contributed by atoms with Gasteiger partial charge in [0, 0.05) is 6.07 Å². The van der Waals surface area contributed by atoms with E-state index in [1.54, 1.807) is 0 Å². The second kappa shape index (κ2) is 6.06. The Morgan fingerprint density at radius 2 is 2.12 bits per heavy atom. The van der Waals surface area contributed by atoms with Crippen molar-refractivity contribution in [2.24, 2.45) is 5.84 Å². The maximum absolute atomic E-state index is 12.5. The van der Waals surface area contributed by atoms with E-state index in [1.807, 2.05) is 6.92 Å². The van der Waals surface area contributed by atoms with Crippen LogP contribution in [-0.2, 0) is 6.18 Å². The molecule has 0 saturated heterocycles. The fourth-order valence-corrected chi connectivity index (χ4v) is 2.01. The van der Waals surface area contributed by atoms with E-state index in [2.05, 4.69) is 15.4 Å². The van der Waals surface area contributed by atoms with E-state index in [0.29, 0.717) is 0 Å². The Morgan fingerprint density at radius 1 is 1.41 bits per heavy atom. The Hall–Kier alpha value is -1.02. The molecule has 1 rings (SSSR count). The minimum Gasteiger partial charge on any atom is -0.308 e. The van der Waals surface area contributed by atoms with Crippen molar-refractivity contribution in [3.05, 3.63) is 11.9 Å². The smallest absolute Gasteiger partial charge is 0.308 e. The molecule has 1 heterocycles. The zero-order valence-corrected chi connectivity index (χ0v) is 10.0. The summed E-state index contributed by atoms with van der Waals surface area (Å²) in [7, 11) is 0. The fraction of sp³-hybridized carbons (Fsp3) is 0.556. The van der Waals surface area contributed by atoms with E-state index in [4.69, 9.17) is 5.84 Å². The first kappa shape index (κ1) is 14.0. The first-order chi connectivity index (χ1) is 7.97. The molecule has 8 heteroatoms. The molecule has 0 fully saturated rings. The summed E-state index contributed by atoms with van der Waals surface area (Å²) in [5.41, 5.74) is 2.11. The molecular formula is C9H13F3N4S. The molecule has 0 aliphatic carbocycles. The van der Waals surface area contributed by atoms with Crippen LogP contribution in [0, 0.1) is 0 Å². The predicted octanol–water partition coefficient (Wildman–Crippen LogP) is 2.67. The molecule has 1 aromatic rings. The van der Waals surface area contributed by atoms with Gasteiger partial charge in [-0.25, -0.2) is 15.8 Å². The van der Waals surface area contributed by atoms with E-state index >= 15 is 0 Å². The summed E-state index contributed by atoms with van der Waals surface area (Å²) in [6.07, 6.45) is -2.67. The van der Waals surface area contributed by atoms with Crippen LogP contribution in [0.5, 0.6) is 0 Å². The lowest BCUT2D eigenvalue weighted by molar-refractivity contribution is -0.145. The standard InChI is InChI=1S/C9H13F3N4S/c1-2-3-4-17-7-5-6(16-13)14-8(15-7)9(10,11)12/h5H,2-4,13H2,1H3,(H,14,15,16). The Morgan fingerprint density at radius 3 is 2.65 bits per heavy atom. The average Bonchev–Trinajstić information content (AvgIpc) is 2.28. The number of alkyl halides is 3. The predicted molar refractivity (Wildman–Crippen MR) is 60.5 cm³/mol. The summed E-state index contributed by atoms with van der Waals surface area (Å²) in [5, 5.41) is 0.272. The molecule has 0 atom stereocenters. The van der Waals surface area contributed by atoms with Crippen molar-refractivity contribution in [3.8, 4) is 0 Å². The topological polar surface area (TPSA) is 63.8 Å². The van der Waals surface area contributed by atoms with Crippen molar-refractivity contribution >= 4 is 17.6 Å². The summed E-state index contributed by atoms with van der Waals surface area (Å²) in [6, 6.07) is 1.40. The number of unbranched alkanes of at least 4 members (excludes halogenated alkanes) is 1. The minimum absolute atomic E-state index is 0.0358. The fourth-order valence-electron chi connectivity index (χ4n) is 1.02. The molecule has 3 N–H and O–H groups in total. The first-order valence-electron chi connectivity index (χ1n) is 5.03. The second-order valence-corrected chi connectivity index (χ2v) is 4.37. The molecular weight excluding hydrogens is 253 g/mol. The molecule has 17 heavy (non-hydrogen) atoms. The van der Waals surface area contributed by atoms with Gasteiger partial charge in [0.1, 0.15) is 10.8 Å². The third-order valence-corrected chi connectivity index (χ3v) is 2.85. The number of nitrogens with one attached hydrogen (secondary N) is 1. The number of hydrogen-bond donors (Lipinski definition) is 2. The van der Waals surface area contributed by atoms with E-state index in [0.717, 1.165) is 18.6 Å². The summed E-state index contributed by atoms with van der Waals surface area (Å²) >= 11 is 1.26. The largest absolute Gasteiger partial charge is 0.451 e. The van der Waals surface area contributed by atoms with E-state index in [-0.39, 0.29) is 10.8 Å². The molecule has 1 aromatic heterocycles. The normalized spacial score (nSPS) is 11.6. The molecule has 0 bridgehead atoms. The number of rotatable bonds is 5. The lowest BCUT2D eigenvalue weighted by Crippen LogP contribution is -2.16. The van der Waals surface area contributed by atoms with E-state index < -0.39 is 12.0 Å². The highest BCUT2D eigenvalue weighted by molar-refractivity contribution is 7.99. The first-order valence-corrected chi connectivity index (χ1v) is 6.01. The van der Waals surface area contributed by atoms with Gasteiger partial charge in [0.25, 0.3) is 0 Å². The number of nitrogen functional groups attached to an aromatic ring is 1. The van der Waals surface area contributed by atoms with Crippen molar-refractivity contribution in [3.63, 3.8) is 0 Å². The van der Waals surface area contributed by atoms with E-state index in [9.17, 15) is 13.2 Å². The van der Waals surface area contributed by atoms with Gasteiger partial charge in [0.05, 0.1) is 0 Å². The third kappa shape index (κ3) is 4.39. The van der Waals surface area contributed by atoms with E-state index in [1.165, 1.54) is 17.8 Å². The van der Waals surface area contributed by atoms with Crippen LogP contribution in [0.15, 0.2) is 11.1 Å². The molecule has 0 aliphatic heterocycles. The zero-order valence-electron chi connectivity index (χ0n) is 9.21. The van der Waals surface area contributed by atoms with Crippen LogP contribution in [0.3, 0.4) is 0 Å². The zero-order chi connectivity index (χ0) is 12.9. The molecule has 0 radical (unpaired) electrons. The van der Waals surface area contributed by atoms with Gasteiger partial charge in [-0.15, -0.1) is 11.8 Å². The average molecular weight is 266 g/mol. The van der Waals surface area contributed by atoms with Crippen molar-refractivity contribution in [2.45, 2.75) is 31.0 Å². The maximum atomic E-state index is 12.5. The lowest BCUT2D eigenvalue weighted by atomic mass is 10.4. The maximum Gasteiger partial charge on any atom is 0.451 e. The van der Waals surface area contributed by atoms with Crippen molar-refractivity contribution in [1.29, 1.82) is 0 Å². The number of nitrogens with zero attached hydrogens (tertiary/aromatic N) is 2. The number of hydrogen-bond acceptors (Lipinski definition) is 5. The number of hydrazine groups is 1. The molecule has 0 unspecified atom stereocenters. The highest BCUT2D eigenvalue weighted by Crippen LogP contribution is 2.29. The van der Waals surface area contributed by atoms with Gasteiger partial charge in [-0.05, 0) is 12.2 Å². The summed E-state index contributed by atoms with van der Waals surface area (Å²) in [4.78, 5) is 6.72. The van der Waals surface area contributed by atoms with Gasteiger partial charge in [-0.1, -0.05) is 13.3 Å². The van der Waals surface area contributed by atoms with Gasteiger partial charge >= 0.3 is 6.18 Å². The Labute approximate surface area is 101 Å². The quantitative estimate of drug-likeness (QED) is 0.282. The Kier molecular flexibility index (Phi) is 5.01. The summed E-state index contributed by atoms with van der Waals surface area (Å²) < 4.78 is 37.4.